The van der Waals surface area contributed by atoms with Crippen molar-refractivity contribution in [1.82, 2.24) is 0 Å². The predicted octanol–water partition coefficient (Wildman–Crippen LogP) is 2.70. The second-order valence-electron chi connectivity index (χ2n) is 4.03. The summed E-state index contributed by atoms with van der Waals surface area (Å²) in [6.07, 6.45) is -0.753. The van der Waals surface area contributed by atoms with E-state index < -0.39 is 6.10 Å². The first kappa shape index (κ1) is 12.9. The topological polar surface area (TPSA) is 66.5 Å². The zero-order valence-corrected chi connectivity index (χ0v) is 10.4. The Labute approximate surface area is 110 Å². The van der Waals surface area contributed by atoms with Crippen molar-refractivity contribution in [2.45, 2.75) is 6.10 Å². The van der Waals surface area contributed by atoms with Crippen LogP contribution in [0.15, 0.2) is 42.5 Å². The van der Waals surface area contributed by atoms with Gasteiger partial charge in [0.25, 0.3) is 0 Å². The number of phenolic OH excluding ortho intramolecular Hbond substituents is 1. The van der Waals surface area contributed by atoms with Gasteiger partial charge < -0.3 is 15.9 Å². The number of phenols is 1. The first-order valence-electron chi connectivity index (χ1n) is 5.59. The Balaban J connectivity index is 2.54. The molecule has 3 nitrogen and oxygen atoms in total. The van der Waals surface area contributed by atoms with Crippen molar-refractivity contribution in [2.24, 2.45) is 5.73 Å². The van der Waals surface area contributed by atoms with E-state index in [1.165, 1.54) is 6.07 Å². The number of aliphatic hydroxyl groups excluding tert-OH is 1. The molecule has 0 fully saturated rings. The van der Waals surface area contributed by atoms with E-state index in [2.05, 4.69) is 0 Å². The molecule has 0 bridgehead atoms. The van der Waals surface area contributed by atoms with E-state index in [1.54, 1.807) is 24.3 Å². The first-order chi connectivity index (χ1) is 8.61. The van der Waals surface area contributed by atoms with Crippen LogP contribution in [0.2, 0.25) is 5.02 Å². The number of nitrogens with two attached hydrogens (primary N) is 1. The van der Waals surface area contributed by atoms with E-state index >= 15 is 0 Å². The average molecular weight is 264 g/mol. The Kier molecular flexibility index (Phi) is 3.87. The van der Waals surface area contributed by atoms with Crippen LogP contribution in [-0.2, 0) is 0 Å². The molecule has 4 heteroatoms. The van der Waals surface area contributed by atoms with Gasteiger partial charge in [0.1, 0.15) is 5.75 Å². The van der Waals surface area contributed by atoms with Crippen LogP contribution in [0.1, 0.15) is 11.7 Å². The maximum atomic E-state index is 9.88. The predicted molar refractivity (Wildman–Crippen MR) is 72.6 cm³/mol. The molecule has 2 aromatic rings. The summed E-state index contributed by atoms with van der Waals surface area (Å²) in [5.74, 6) is 0.146. The molecule has 0 aliphatic carbocycles. The summed E-state index contributed by atoms with van der Waals surface area (Å²) in [4.78, 5) is 0. The largest absolute Gasteiger partial charge is 0.508 e. The second kappa shape index (κ2) is 5.40. The Morgan fingerprint density at radius 1 is 1.11 bits per heavy atom. The normalized spacial score (nSPS) is 12.4. The summed E-state index contributed by atoms with van der Waals surface area (Å²) in [6, 6.07) is 12.0. The van der Waals surface area contributed by atoms with Gasteiger partial charge >= 0.3 is 0 Å². The standard InChI is InChI=1S/C14H14ClNO2/c15-10-3-1-9(2-4-10)13-7-11(17)5-6-12(13)14(18)8-16/h1-7,14,17-18H,8,16H2. The van der Waals surface area contributed by atoms with Crippen LogP contribution < -0.4 is 5.73 Å². The van der Waals surface area contributed by atoms with E-state index in [4.69, 9.17) is 17.3 Å². The fraction of sp³-hybridized carbons (Fsp3) is 0.143. The van der Waals surface area contributed by atoms with Gasteiger partial charge in [-0.1, -0.05) is 29.8 Å². The van der Waals surface area contributed by atoms with Gasteiger partial charge in [-0.15, -0.1) is 0 Å². The molecule has 4 N–H and O–H groups in total. The molecule has 18 heavy (non-hydrogen) atoms. The van der Waals surface area contributed by atoms with Crippen molar-refractivity contribution in [1.29, 1.82) is 0 Å². The Morgan fingerprint density at radius 3 is 2.39 bits per heavy atom. The van der Waals surface area contributed by atoms with Crippen molar-refractivity contribution in [3.05, 3.63) is 53.1 Å². The van der Waals surface area contributed by atoms with E-state index in [9.17, 15) is 10.2 Å². The quantitative estimate of drug-likeness (QED) is 0.798. The summed E-state index contributed by atoms with van der Waals surface area (Å²) in [5, 5.41) is 20.1. The molecular weight excluding hydrogens is 250 g/mol. The zero-order chi connectivity index (χ0) is 13.1. The number of halogens is 1. The van der Waals surface area contributed by atoms with Gasteiger partial charge in [-0.25, -0.2) is 0 Å². The highest BCUT2D eigenvalue weighted by atomic mass is 35.5. The Morgan fingerprint density at radius 2 is 1.78 bits per heavy atom. The van der Waals surface area contributed by atoms with Crippen molar-refractivity contribution in [3.8, 4) is 16.9 Å². The van der Waals surface area contributed by atoms with Crippen LogP contribution in [-0.4, -0.2) is 16.8 Å². The lowest BCUT2D eigenvalue weighted by molar-refractivity contribution is 0.187. The molecule has 1 unspecified atom stereocenters. The molecule has 0 saturated heterocycles. The summed E-state index contributed by atoms with van der Waals surface area (Å²) < 4.78 is 0. The third kappa shape index (κ3) is 2.64. The monoisotopic (exact) mass is 263 g/mol. The number of rotatable bonds is 3. The Bertz CT molecular complexity index is 540. The number of hydrogen-bond donors (Lipinski definition) is 3. The maximum Gasteiger partial charge on any atom is 0.116 e. The highest BCUT2D eigenvalue weighted by Crippen LogP contribution is 2.31. The molecule has 0 amide bonds. The van der Waals surface area contributed by atoms with E-state index in [0.29, 0.717) is 10.6 Å². The SMILES string of the molecule is NCC(O)c1ccc(O)cc1-c1ccc(Cl)cc1. The highest BCUT2D eigenvalue weighted by molar-refractivity contribution is 6.30. The van der Waals surface area contributed by atoms with Crippen molar-refractivity contribution in [2.75, 3.05) is 6.54 Å². The summed E-state index contributed by atoms with van der Waals surface area (Å²) in [7, 11) is 0. The number of aromatic hydroxyl groups is 1. The number of aliphatic hydroxyl groups is 1. The van der Waals surface area contributed by atoms with Crippen LogP contribution in [0.5, 0.6) is 5.75 Å². The van der Waals surface area contributed by atoms with Crippen molar-refractivity contribution >= 4 is 11.6 Å². The third-order valence-corrected chi connectivity index (χ3v) is 3.03. The van der Waals surface area contributed by atoms with Gasteiger partial charge in [-0.05, 0) is 41.0 Å². The molecular formula is C14H14ClNO2. The van der Waals surface area contributed by atoms with Gasteiger partial charge in [-0.2, -0.15) is 0 Å². The highest BCUT2D eigenvalue weighted by Gasteiger charge is 2.13. The van der Waals surface area contributed by atoms with Crippen LogP contribution >= 0.6 is 11.6 Å². The first-order valence-corrected chi connectivity index (χ1v) is 5.96. The minimum absolute atomic E-state index is 0.130. The van der Waals surface area contributed by atoms with Gasteiger partial charge in [0, 0.05) is 11.6 Å². The molecule has 2 aromatic carbocycles. The summed E-state index contributed by atoms with van der Waals surface area (Å²) in [6.45, 7) is 0.130. The van der Waals surface area contributed by atoms with Crippen LogP contribution in [0, 0.1) is 0 Å². The summed E-state index contributed by atoms with van der Waals surface area (Å²) >= 11 is 5.84. The average Bonchev–Trinajstić information content (AvgIpc) is 2.38. The van der Waals surface area contributed by atoms with Gasteiger partial charge in [0.15, 0.2) is 0 Å². The number of hydrogen-bond acceptors (Lipinski definition) is 3. The molecule has 0 saturated carbocycles. The molecule has 2 rings (SSSR count). The fourth-order valence-corrected chi connectivity index (χ4v) is 1.97. The molecule has 94 valence electrons. The van der Waals surface area contributed by atoms with E-state index in [1.807, 2.05) is 12.1 Å². The van der Waals surface area contributed by atoms with Crippen LogP contribution in [0.4, 0.5) is 0 Å². The van der Waals surface area contributed by atoms with Crippen LogP contribution in [0.3, 0.4) is 0 Å². The van der Waals surface area contributed by atoms with Crippen molar-refractivity contribution in [3.63, 3.8) is 0 Å². The molecule has 0 radical (unpaired) electrons. The lowest BCUT2D eigenvalue weighted by atomic mass is 9.96. The minimum Gasteiger partial charge on any atom is -0.508 e. The molecule has 0 aliphatic heterocycles. The maximum absolute atomic E-state index is 9.88. The lowest BCUT2D eigenvalue weighted by Crippen LogP contribution is -2.12. The number of benzene rings is 2. The lowest BCUT2D eigenvalue weighted by Gasteiger charge is -2.14. The smallest absolute Gasteiger partial charge is 0.116 e. The van der Waals surface area contributed by atoms with E-state index in [-0.39, 0.29) is 12.3 Å². The molecule has 0 aliphatic rings. The van der Waals surface area contributed by atoms with Gasteiger partial charge in [-0.3, -0.25) is 0 Å². The fourth-order valence-electron chi connectivity index (χ4n) is 1.84. The van der Waals surface area contributed by atoms with Gasteiger partial charge in [0.05, 0.1) is 6.10 Å². The molecule has 1 atom stereocenters. The molecule has 0 heterocycles. The summed E-state index contributed by atoms with van der Waals surface area (Å²) in [5.41, 5.74) is 7.80. The minimum atomic E-state index is -0.753. The van der Waals surface area contributed by atoms with Gasteiger partial charge in [0.2, 0.25) is 0 Å². The molecule has 0 aromatic heterocycles. The second-order valence-corrected chi connectivity index (χ2v) is 4.47. The van der Waals surface area contributed by atoms with Crippen molar-refractivity contribution < 1.29 is 10.2 Å². The third-order valence-electron chi connectivity index (χ3n) is 2.77. The van der Waals surface area contributed by atoms with Crippen LogP contribution in [0.25, 0.3) is 11.1 Å². The molecule has 0 spiro atoms. The Hall–Kier alpha value is -1.55. The zero-order valence-electron chi connectivity index (χ0n) is 9.68. The van der Waals surface area contributed by atoms with E-state index in [0.717, 1.165) is 11.1 Å².